The molecule has 2 aromatic carbocycles. The average molecular weight is 372 g/mol. The molecular formula is C23H30ClNO. The first kappa shape index (κ1) is 19.3. The lowest BCUT2D eigenvalue weighted by Gasteiger charge is -2.42. The van der Waals surface area contributed by atoms with Gasteiger partial charge in [0.25, 0.3) is 0 Å². The second-order valence-electron chi connectivity index (χ2n) is 7.71. The fourth-order valence-corrected chi connectivity index (χ4v) is 4.36. The zero-order valence-electron chi connectivity index (χ0n) is 15.5. The molecule has 26 heavy (non-hydrogen) atoms. The summed E-state index contributed by atoms with van der Waals surface area (Å²) in [5.74, 6) is 1.70. The topological polar surface area (TPSA) is 12.5 Å². The molecule has 2 aromatic rings. The van der Waals surface area contributed by atoms with Gasteiger partial charge in [-0.2, -0.15) is 0 Å². The Labute approximate surface area is 164 Å². The van der Waals surface area contributed by atoms with Gasteiger partial charge < -0.3 is 4.74 Å². The number of hydrogen-bond donors (Lipinski definition) is 0. The van der Waals surface area contributed by atoms with Crippen LogP contribution >= 0.6 is 12.4 Å². The van der Waals surface area contributed by atoms with Gasteiger partial charge in [-0.15, -0.1) is 12.4 Å². The van der Waals surface area contributed by atoms with Gasteiger partial charge in [0, 0.05) is 18.5 Å². The second-order valence-corrected chi connectivity index (χ2v) is 7.71. The number of piperidine rings is 2. The minimum atomic E-state index is 0. The van der Waals surface area contributed by atoms with E-state index in [4.69, 9.17) is 4.74 Å². The Bertz CT molecular complexity index is 658. The van der Waals surface area contributed by atoms with Gasteiger partial charge in [-0.05, 0) is 61.9 Å². The summed E-state index contributed by atoms with van der Waals surface area (Å²) < 4.78 is 6.10. The van der Waals surface area contributed by atoms with Crippen LogP contribution in [-0.4, -0.2) is 30.6 Å². The van der Waals surface area contributed by atoms with Crippen molar-refractivity contribution < 1.29 is 4.74 Å². The third-order valence-electron chi connectivity index (χ3n) is 5.81. The van der Waals surface area contributed by atoms with Gasteiger partial charge in [0.1, 0.15) is 5.75 Å². The average Bonchev–Trinajstić information content (AvgIpc) is 2.68. The first-order valence-electron chi connectivity index (χ1n) is 9.86. The molecule has 0 spiro atoms. The molecule has 2 nitrogen and oxygen atoms in total. The minimum Gasteiger partial charge on any atom is -0.493 e. The van der Waals surface area contributed by atoms with E-state index >= 15 is 0 Å². The van der Waals surface area contributed by atoms with Gasteiger partial charge >= 0.3 is 0 Å². The first-order valence-corrected chi connectivity index (χ1v) is 9.86. The number of rotatable bonds is 5. The fourth-order valence-electron chi connectivity index (χ4n) is 4.36. The normalized spacial score (nSPS) is 22.9. The quantitative estimate of drug-likeness (QED) is 0.703. The molecule has 4 rings (SSSR count). The molecule has 140 valence electrons. The van der Waals surface area contributed by atoms with Crippen LogP contribution < -0.4 is 4.74 Å². The molecule has 0 N–H and O–H groups in total. The molecule has 0 aromatic heterocycles. The van der Waals surface area contributed by atoms with Crippen LogP contribution in [0.25, 0.3) is 0 Å². The summed E-state index contributed by atoms with van der Waals surface area (Å²) >= 11 is 0. The zero-order valence-corrected chi connectivity index (χ0v) is 16.3. The molecular weight excluding hydrogens is 342 g/mol. The summed E-state index contributed by atoms with van der Waals surface area (Å²) in [5.41, 5.74) is 2.70. The van der Waals surface area contributed by atoms with E-state index in [1.54, 1.807) is 0 Å². The highest BCUT2D eigenvalue weighted by molar-refractivity contribution is 5.85. The summed E-state index contributed by atoms with van der Waals surface area (Å²) in [7, 11) is 0. The molecule has 2 aliphatic rings. The Morgan fingerprint density at radius 1 is 0.846 bits per heavy atom. The Kier molecular flexibility index (Phi) is 6.99. The Morgan fingerprint density at radius 2 is 1.62 bits per heavy atom. The third kappa shape index (κ3) is 5.02. The molecule has 3 heteroatoms. The van der Waals surface area contributed by atoms with E-state index in [9.17, 15) is 0 Å². The maximum atomic E-state index is 6.10. The maximum absolute atomic E-state index is 6.10. The number of benzene rings is 2. The van der Waals surface area contributed by atoms with Gasteiger partial charge in [-0.3, -0.25) is 4.90 Å². The van der Waals surface area contributed by atoms with Crippen LogP contribution in [0.5, 0.6) is 5.75 Å². The van der Waals surface area contributed by atoms with Crippen molar-refractivity contribution in [3.63, 3.8) is 0 Å². The summed E-state index contributed by atoms with van der Waals surface area (Å²) in [4.78, 5) is 2.71. The molecule has 0 bridgehead atoms. The second kappa shape index (κ2) is 9.43. The summed E-state index contributed by atoms with van der Waals surface area (Å²) in [5, 5.41) is 0. The highest BCUT2D eigenvalue weighted by atomic mass is 35.5. The molecule has 2 fully saturated rings. The Balaban J connectivity index is 0.00000196. The van der Waals surface area contributed by atoms with Crippen LogP contribution in [0.3, 0.4) is 0 Å². The molecule has 2 atom stereocenters. The largest absolute Gasteiger partial charge is 0.493 e. The van der Waals surface area contributed by atoms with Crippen LogP contribution in [0.4, 0.5) is 0 Å². The smallest absolute Gasteiger partial charge is 0.119 e. The molecule has 0 radical (unpaired) electrons. The standard InChI is InChI=1S/C23H29NO.ClH/c1-2-6-19(7-3-1)16-20-10-13-23(14-11-20)25-18-21-9-12-22-8-4-5-15-24(22)17-21;/h1-3,6-7,10-11,13-14,21-22H,4-5,8-9,12,15-18H2;1H. The zero-order chi connectivity index (χ0) is 16.9. The number of ether oxygens (including phenoxy) is 1. The van der Waals surface area contributed by atoms with E-state index in [0.717, 1.165) is 24.8 Å². The lowest BCUT2D eigenvalue weighted by Crippen LogP contribution is -2.47. The van der Waals surface area contributed by atoms with Gasteiger partial charge in [0.2, 0.25) is 0 Å². The van der Waals surface area contributed by atoms with Crippen LogP contribution in [-0.2, 0) is 6.42 Å². The van der Waals surface area contributed by atoms with E-state index < -0.39 is 0 Å². The maximum Gasteiger partial charge on any atom is 0.119 e. The fraction of sp³-hybridized carbons (Fsp3) is 0.478. The highest BCUT2D eigenvalue weighted by Crippen LogP contribution is 2.29. The number of halogens is 1. The van der Waals surface area contributed by atoms with Crippen LogP contribution in [0.15, 0.2) is 54.6 Å². The molecule has 2 heterocycles. The Morgan fingerprint density at radius 3 is 2.42 bits per heavy atom. The van der Waals surface area contributed by atoms with Crippen molar-refractivity contribution in [2.75, 3.05) is 19.7 Å². The van der Waals surface area contributed by atoms with E-state index in [2.05, 4.69) is 59.5 Å². The third-order valence-corrected chi connectivity index (χ3v) is 5.81. The van der Waals surface area contributed by atoms with Gasteiger partial charge in [-0.25, -0.2) is 0 Å². The van der Waals surface area contributed by atoms with Crippen molar-refractivity contribution in [1.29, 1.82) is 0 Å². The van der Waals surface area contributed by atoms with Crippen molar-refractivity contribution in [2.45, 2.75) is 44.6 Å². The summed E-state index contributed by atoms with van der Waals surface area (Å²) in [6, 6.07) is 20.2. The minimum absolute atomic E-state index is 0. The van der Waals surface area contributed by atoms with Crippen molar-refractivity contribution in [1.82, 2.24) is 4.90 Å². The van der Waals surface area contributed by atoms with Crippen molar-refractivity contribution in [2.24, 2.45) is 5.92 Å². The summed E-state index contributed by atoms with van der Waals surface area (Å²) in [6.45, 7) is 3.40. The predicted molar refractivity (Wildman–Crippen MR) is 110 cm³/mol. The lowest BCUT2D eigenvalue weighted by atomic mass is 9.88. The van der Waals surface area contributed by atoms with Crippen LogP contribution in [0, 0.1) is 5.92 Å². The number of hydrogen-bond acceptors (Lipinski definition) is 2. The first-order chi connectivity index (χ1) is 12.4. The number of nitrogens with zero attached hydrogens (tertiary/aromatic N) is 1. The van der Waals surface area contributed by atoms with Crippen molar-refractivity contribution in [3.05, 3.63) is 65.7 Å². The van der Waals surface area contributed by atoms with Crippen LogP contribution in [0.2, 0.25) is 0 Å². The van der Waals surface area contributed by atoms with Gasteiger partial charge in [-0.1, -0.05) is 48.9 Å². The monoisotopic (exact) mass is 371 g/mol. The molecule has 0 aliphatic carbocycles. The number of fused-ring (bicyclic) bond motifs is 1. The molecule has 0 amide bonds. The Hall–Kier alpha value is -1.51. The van der Waals surface area contributed by atoms with E-state index in [1.807, 2.05) is 0 Å². The molecule has 0 saturated carbocycles. The highest BCUT2D eigenvalue weighted by Gasteiger charge is 2.30. The molecule has 2 unspecified atom stereocenters. The lowest BCUT2D eigenvalue weighted by molar-refractivity contribution is 0.0565. The molecule has 2 aliphatic heterocycles. The molecule has 2 saturated heterocycles. The summed E-state index contributed by atoms with van der Waals surface area (Å²) in [6.07, 6.45) is 7.90. The van der Waals surface area contributed by atoms with Crippen LogP contribution in [0.1, 0.15) is 43.2 Å². The van der Waals surface area contributed by atoms with Gasteiger partial charge in [0.15, 0.2) is 0 Å². The van der Waals surface area contributed by atoms with E-state index in [0.29, 0.717) is 5.92 Å². The van der Waals surface area contributed by atoms with Gasteiger partial charge in [0.05, 0.1) is 6.61 Å². The van der Waals surface area contributed by atoms with Crippen molar-refractivity contribution >= 4 is 12.4 Å². The predicted octanol–water partition coefficient (Wildman–Crippen LogP) is 5.34. The van der Waals surface area contributed by atoms with E-state index in [-0.39, 0.29) is 12.4 Å². The SMILES string of the molecule is Cl.c1ccc(Cc2ccc(OCC3CCC4CCCCN4C3)cc2)cc1. The van der Waals surface area contributed by atoms with Crippen molar-refractivity contribution in [3.8, 4) is 5.75 Å². The van der Waals surface area contributed by atoms with E-state index in [1.165, 1.54) is 56.3 Å².